The van der Waals surface area contributed by atoms with Gasteiger partial charge in [0.05, 0.1) is 22.6 Å². The van der Waals surface area contributed by atoms with Gasteiger partial charge in [0.15, 0.2) is 11.5 Å². The van der Waals surface area contributed by atoms with E-state index in [1.165, 1.54) is 0 Å². The normalized spacial score (nSPS) is 12.0. The molecule has 0 radical (unpaired) electrons. The van der Waals surface area contributed by atoms with Gasteiger partial charge in [-0.3, -0.25) is 14.5 Å². The Labute approximate surface area is 220 Å². The van der Waals surface area contributed by atoms with Crippen molar-refractivity contribution in [3.8, 4) is 22.6 Å². The molecule has 4 heterocycles. The van der Waals surface area contributed by atoms with Gasteiger partial charge < -0.3 is 16.2 Å². The molecule has 4 aromatic rings. The Bertz CT molecular complexity index is 1470. The van der Waals surface area contributed by atoms with E-state index in [4.69, 9.17) is 17.3 Å². The first-order valence-corrected chi connectivity index (χ1v) is 12.0. The Morgan fingerprint density at radius 3 is 2.35 bits per heavy atom. The van der Waals surface area contributed by atoms with Crippen molar-refractivity contribution in [2.75, 3.05) is 5.73 Å². The molecule has 0 atom stereocenters. The highest BCUT2D eigenvalue weighted by Crippen LogP contribution is 2.32. The second-order valence-electron chi connectivity index (χ2n) is 9.90. The van der Waals surface area contributed by atoms with E-state index in [1.807, 2.05) is 6.92 Å². The number of nitrogens with one attached hydrogen (secondary N) is 1. The Morgan fingerprint density at radius 2 is 1.73 bits per heavy atom. The summed E-state index contributed by atoms with van der Waals surface area (Å²) in [6.07, 6.45) is 1.78. The molecule has 0 unspecified atom stereocenters. The number of halogens is 1. The van der Waals surface area contributed by atoms with Crippen LogP contribution in [0.25, 0.3) is 22.6 Å². The molecular formula is C26H29ClN8O2. The second-order valence-corrected chi connectivity index (χ2v) is 10.3. The summed E-state index contributed by atoms with van der Waals surface area (Å²) in [7, 11) is 1.79. The molecule has 0 saturated carbocycles. The highest BCUT2D eigenvalue weighted by Gasteiger charge is 2.30. The Kier molecular flexibility index (Phi) is 6.74. The largest absolute Gasteiger partial charge is 0.384 e. The third kappa shape index (κ3) is 5.60. The van der Waals surface area contributed by atoms with Crippen LogP contribution in [0.3, 0.4) is 0 Å². The molecule has 0 spiro atoms. The van der Waals surface area contributed by atoms with Crippen molar-refractivity contribution in [2.45, 2.75) is 45.8 Å². The van der Waals surface area contributed by atoms with Crippen LogP contribution in [0.4, 0.5) is 5.82 Å². The minimum atomic E-state index is -1.13. The highest BCUT2D eigenvalue weighted by atomic mass is 35.5. The van der Waals surface area contributed by atoms with E-state index in [0.717, 1.165) is 0 Å². The van der Waals surface area contributed by atoms with Crippen molar-refractivity contribution in [3.63, 3.8) is 0 Å². The molecule has 11 heteroatoms. The molecule has 0 aromatic carbocycles. The SMILES string of the molecule is Cc1cc(-c2nc(C(=O)NC(C)(C)c3cccc(C(C)(C)O)n3)c(N)nc2-c2ccn(C)n2)cc(Cl)n1. The van der Waals surface area contributed by atoms with E-state index in [-0.39, 0.29) is 16.7 Å². The lowest BCUT2D eigenvalue weighted by Crippen LogP contribution is -2.42. The first kappa shape index (κ1) is 26.2. The van der Waals surface area contributed by atoms with Crippen LogP contribution in [0.2, 0.25) is 5.15 Å². The number of anilines is 1. The smallest absolute Gasteiger partial charge is 0.274 e. The van der Waals surface area contributed by atoms with Gasteiger partial charge in [0.1, 0.15) is 22.1 Å². The Hall–Kier alpha value is -3.89. The Morgan fingerprint density at radius 1 is 1.03 bits per heavy atom. The van der Waals surface area contributed by atoms with E-state index < -0.39 is 17.0 Å². The summed E-state index contributed by atoms with van der Waals surface area (Å²) in [6.45, 7) is 8.73. The average molecular weight is 521 g/mol. The molecule has 1 amide bonds. The number of hydrogen-bond acceptors (Lipinski definition) is 8. The van der Waals surface area contributed by atoms with E-state index in [0.29, 0.717) is 39.7 Å². The van der Waals surface area contributed by atoms with Crippen molar-refractivity contribution < 1.29 is 9.90 Å². The van der Waals surface area contributed by atoms with Crippen molar-refractivity contribution in [1.29, 1.82) is 0 Å². The van der Waals surface area contributed by atoms with Crippen molar-refractivity contribution >= 4 is 23.3 Å². The van der Waals surface area contributed by atoms with Crippen LogP contribution >= 0.6 is 11.6 Å². The first-order chi connectivity index (χ1) is 17.2. The predicted molar refractivity (Wildman–Crippen MR) is 142 cm³/mol. The fourth-order valence-corrected chi connectivity index (χ4v) is 4.08. The number of nitrogen functional groups attached to an aromatic ring is 1. The molecule has 4 rings (SSSR count). The van der Waals surface area contributed by atoms with Crippen LogP contribution < -0.4 is 11.1 Å². The van der Waals surface area contributed by atoms with Crippen molar-refractivity contribution in [2.24, 2.45) is 7.05 Å². The minimum absolute atomic E-state index is 0.0484. The molecule has 192 valence electrons. The number of nitrogens with two attached hydrogens (primary N) is 1. The molecule has 0 fully saturated rings. The fourth-order valence-electron chi connectivity index (χ4n) is 3.83. The molecule has 0 aliphatic rings. The first-order valence-electron chi connectivity index (χ1n) is 11.6. The lowest BCUT2D eigenvalue weighted by molar-refractivity contribution is 0.0732. The van der Waals surface area contributed by atoms with Gasteiger partial charge in [-0.2, -0.15) is 5.10 Å². The van der Waals surface area contributed by atoms with E-state index in [1.54, 1.807) is 82.0 Å². The number of rotatable bonds is 6. The fraction of sp³-hybridized carbons (Fsp3) is 0.308. The number of aryl methyl sites for hydroxylation is 2. The number of pyridine rings is 2. The maximum absolute atomic E-state index is 13.5. The summed E-state index contributed by atoms with van der Waals surface area (Å²) in [5, 5.41) is 18.0. The van der Waals surface area contributed by atoms with Gasteiger partial charge in [-0.25, -0.2) is 15.0 Å². The van der Waals surface area contributed by atoms with Gasteiger partial charge in [0, 0.05) is 24.5 Å². The van der Waals surface area contributed by atoms with Crippen LogP contribution in [0.1, 0.15) is 55.3 Å². The van der Waals surface area contributed by atoms with Crippen LogP contribution in [-0.2, 0) is 18.2 Å². The molecule has 37 heavy (non-hydrogen) atoms. The average Bonchev–Trinajstić information content (AvgIpc) is 3.23. The number of nitrogens with zero attached hydrogens (tertiary/aromatic N) is 6. The highest BCUT2D eigenvalue weighted by molar-refractivity contribution is 6.29. The van der Waals surface area contributed by atoms with Gasteiger partial charge in [-0.1, -0.05) is 17.7 Å². The maximum Gasteiger partial charge on any atom is 0.274 e. The number of amides is 1. The lowest BCUT2D eigenvalue weighted by Gasteiger charge is -2.27. The third-order valence-electron chi connectivity index (χ3n) is 5.73. The molecule has 0 bridgehead atoms. The summed E-state index contributed by atoms with van der Waals surface area (Å²) in [4.78, 5) is 31.4. The molecule has 4 aromatic heterocycles. The van der Waals surface area contributed by atoms with Gasteiger partial charge in [0.2, 0.25) is 0 Å². The van der Waals surface area contributed by atoms with Gasteiger partial charge in [-0.05, 0) is 65.0 Å². The number of hydrogen-bond donors (Lipinski definition) is 3. The van der Waals surface area contributed by atoms with Crippen molar-refractivity contribution in [1.82, 2.24) is 35.0 Å². The number of carbonyl (C=O) groups excluding carboxylic acids is 1. The molecule has 0 aliphatic carbocycles. The summed E-state index contributed by atoms with van der Waals surface area (Å²) in [6, 6.07) is 10.5. The van der Waals surface area contributed by atoms with Crippen LogP contribution in [0.15, 0.2) is 42.6 Å². The zero-order valence-electron chi connectivity index (χ0n) is 21.5. The monoisotopic (exact) mass is 520 g/mol. The van der Waals surface area contributed by atoms with E-state index in [9.17, 15) is 9.90 Å². The number of aromatic nitrogens is 6. The number of aliphatic hydroxyl groups is 1. The van der Waals surface area contributed by atoms with Gasteiger partial charge in [0.25, 0.3) is 5.91 Å². The van der Waals surface area contributed by atoms with E-state index in [2.05, 4.69) is 30.4 Å². The molecule has 4 N–H and O–H groups in total. The summed E-state index contributed by atoms with van der Waals surface area (Å²) < 4.78 is 1.64. The quantitative estimate of drug-likeness (QED) is 0.326. The van der Waals surface area contributed by atoms with Crippen LogP contribution in [0.5, 0.6) is 0 Å². The standard InChI is InChI=1S/C26H29ClN8O2/c1-14-12-15(13-19(27)29-14)20-21(16-10-11-35(6)34-16)32-23(28)22(31-20)24(36)33-25(2,3)17-8-7-9-18(30-17)26(4,5)37/h7-13,37H,1-6H3,(H2,28,32)(H,33,36). The van der Waals surface area contributed by atoms with Crippen LogP contribution in [-0.4, -0.2) is 40.7 Å². The molecule has 10 nitrogen and oxygen atoms in total. The minimum Gasteiger partial charge on any atom is -0.384 e. The summed E-state index contributed by atoms with van der Waals surface area (Å²) >= 11 is 6.23. The second kappa shape index (κ2) is 9.53. The van der Waals surface area contributed by atoms with E-state index >= 15 is 0 Å². The summed E-state index contributed by atoms with van der Waals surface area (Å²) in [5.41, 5.74) is 7.86. The number of carbonyl (C=O) groups is 1. The lowest BCUT2D eigenvalue weighted by atomic mass is 9.97. The zero-order valence-corrected chi connectivity index (χ0v) is 22.3. The third-order valence-corrected chi connectivity index (χ3v) is 5.93. The van der Waals surface area contributed by atoms with Crippen LogP contribution in [0, 0.1) is 6.92 Å². The predicted octanol–water partition coefficient (Wildman–Crippen LogP) is 3.77. The van der Waals surface area contributed by atoms with Gasteiger partial charge >= 0.3 is 0 Å². The Balaban J connectivity index is 1.78. The van der Waals surface area contributed by atoms with Crippen molar-refractivity contribution in [3.05, 3.63) is 70.5 Å². The maximum atomic E-state index is 13.5. The molecule has 0 saturated heterocycles. The summed E-state index contributed by atoms with van der Waals surface area (Å²) in [5.74, 6) is -0.580. The zero-order chi connectivity index (χ0) is 27.1. The molecular weight excluding hydrogens is 492 g/mol. The van der Waals surface area contributed by atoms with Gasteiger partial charge in [-0.15, -0.1) is 0 Å². The molecule has 0 aliphatic heterocycles. The topological polar surface area (TPSA) is 145 Å².